The number of nitrogens with zero attached hydrogens (tertiary/aromatic N) is 4. The fourth-order valence-corrected chi connectivity index (χ4v) is 6.61. The van der Waals surface area contributed by atoms with Crippen molar-refractivity contribution in [3.8, 4) is 33.6 Å². The van der Waals surface area contributed by atoms with Gasteiger partial charge in [0.15, 0.2) is 0 Å². The van der Waals surface area contributed by atoms with E-state index in [0.29, 0.717) is 0 Å². The minimum Gasteiger partial charge on any atom is -0.265 e. The van der Waals surface area contributed by atoms with Crippen molar-refractivity contribution in [1.29, 1.82) is 0 Å². The molecule has 0 aliphatic heterocycles. The lowest BCUT2D eigenvalue weighted by atomic mass is 9.85. The van der Waals surface area contributed by atoms with Crippen molar-refractivity contribution in [2.75, 3.05) is 0 Å². The van der Waals surface area contributed by atoms with Gasteiger partial charge < -0.3 is 0 Å². The molecule has 0 unspecified atom stereocenters. The summed E-state index contributed by atoms with van der Waals surface area (Å²) in [5.41, 5.74) is 9.99. The maximum absolute atomic E-state index is 5.19. The predicted molar refractivity (Wildman–Crippen MR) is 181 cm³/mol. The van der Waals surface area contributed by atoms with Crippen LogP contribution in [0.2, 0.25) is 0 Å². The summed E-state index contributed by atoms with van der Waals surface area (Å²) in [5.74, 6) is 0. The van der Waals surface area contributed by atoms with Gasteiger partial charge in [0.1, 0.15) is 0 Å². The zero-order chi connectivity index (χ0) is 29.0. The molecule has 0 bridgehead atoms. The fraction of sp³-hybridized carbons (Fsp3) is 0. The van der Waals surface area contributed by atoms with E-state index in [-0.39, 0.29) is 0 Å². The number of pyridine rings is 2. The van der Waals surface area contributed by atoms with Crippen LogP contribution in [0.15, 0.2) is 146 Å². The van der Waals surface area contributed by atoms with Crippen LogP contribution in [0.3, 0.4) is 0 Å². The topological polar surface area (TPSA) is 51.6 Å². The standard InChI is InChI=1S/C40H24N4/c1-6-15-31-26(10-1)32(24-37-40(31)44-35-17-8-7-16-34(35)43-37)38-27-11-2-4-13-29(27)39(30-14-5-3-12-28(30)38)36-19-9-18-33(42-36)25-20-22-41-23-21-25/h1-24H. The van der Waals surface area contributed by atoms with Crippen LogP contribution in [0.1, 0.15) is 0 Å². The van der Waals surface area contributed by atoms with Crippen molar-refractivity contribution in [2.24, 2.45) is 0 Å². The second-order valence-electron chi connectivity index (χ2n) is 11.0. The highest BCUT2D eigenvalue weighted by molar-refractivity contribution is 6.25. The Labute approximate surface area is 253 Å². The molecule has 0 saturated carbocycles. The quantitative estimate of drug-likeness (QED) is 0.159. The number of fused-ring (bicyclic) bond motifs is 6. The fourth-order valence-electron chi connectivity index (χ4n) is 6.61. The van der Waals surface area contributed by atoms with E-state index < -0.39 is 0 Å². The highest BCUT2D eigenvalue weighted by atomic mass is 14.8. The van der Waals surface area contributed by atoms with E-state index in [9.17, 15) is 0 Å². The third kappa shape index (κ3) is 3.78. The van der Waals surface area contributed by atoms with Crippen LogP contribution in [0.25, 0.3) is 88.0 Å². The molecule has 0 radical (unpaired) electrons. The van der Waals surface area contributed by atoms with Gasteiger partial charge in [-0.15, -0.1) is 0 Å². The number of hydrogen-bond donors (Lipinski definition) is 0. The molecule has 4 nitrogen and oxygen atoms in total. The number of hydrogen-bond acceptors (Lipinski definition) is 4. The average molecular weight is 561 g/mol. The van der Waals surface area contributed by atoms with Gasteiger partial charge in [0.2, 0.25) is 0 Å². The maximum Gasteiger partial charge on any atom is 0.0973 e. The monoisotopic (exact) mass is 560 g/mol. The van der Waals surface area contributed by atoms with Crippen LogP contribution < -0.4 is 0 Å². The molecule has 0 fully saturated rings. The van der Waals surface area contributed by atoms with Crippen LogP contribution in [0, 0.1) is 0 Å². The Bertz CT molecular complexity index is 2500. The smallest absolute Gasteiger partial charge is 0.0973 e. The molecular weight excluding hydrogens is 536 g/mol. The molecule has 0 aliphatic carbocycles. The molecule has 44 heavy (non-hydrogen) atoms. The molecule has 0 saturated heterocycles. The lowest BCUT2D eigenvalue weighted by Gasteiger charge is -2.19. The van der Waals surface area contributed by atoms with Crippen LogP contribution in [-0.2, 0) is 0 Å². The van der Waals surface area contributed by atoms with Crippen molar-refractivity contribution in [3.05, 3.63) is 146 Å². The summed E-state index contributed by atoms with van der Waals surface area (Å²) in [4.78, 5) is 19.6. The molecule has 4 heteroatoms. The summed E-state index contributed by atoms with van der Waals surface area (Å²) in [6.07, 6.45) is 3.62. The van der Waals surface area contributed by atoms with Gasteiger partial charge in [0.25, 0.3) is 0 Å². The molecule has 3 aromatic heterocycles. The minimum atomic E-state index is 0.890. The SMILES string of the molecule is c1cc(-c2ccncc2)nc(-c2c3ccccc3c(-c3cc4nc5ccccc5nc4c4ccccc34)c3ccccc23)c1. The van der Waals surface area contributed by atoms with E-state index in [4.69, 9.17) is 15.0 Å². The molecule has 0 aliphatic rings. The van der Waals surface area contributed by atoms with Gasteiger partial charge in [-0.2, -0.15) is 0 Å². The Morgan fingerprint density at radius 2 is 0.909 bits per heavy atom. The third-order valence-electron chi connectivity index (χ3n) is 8.53. The second kappa shape index (κ2) is 9.79. The van der Waals surface area contributed by atoms with Crippen LogP contribution in [0.5, 0.6) is 0 Å². The summed E-state index contributed by atoms with van der Waals surface area (Å²) in [6.45, 7) is 0. The maximum atomic E-state index is 5.19. The van der Waals surface area contributed by atoms with Crippen molar-refractivity contribution in [1.82, 2.24) is 19.9 Å². The molecule has 0 N–H and O–H groups in total. The Morgan fingerprint density at radius 3 is 1.59 bits per heavy atom. The predicted octanol–water partition coefficient (Wildman–Crippen LogP) is 10.0. The van der Waals surface area contributed by atoms with Crippen molar-refractivity contribution < 1.29 is 0 Å². The van der Waals surface area contributed by atoms with E-state index in [1.54, 1.807) is 0 Å². The summed E-state index contributed by atoms with van der Waals surface area (Å²) in [5, 5.41) is 6.93. The molecule has 3 heterocycles. The minimum absolute atomic E-state index is 0.890. The number of para-hydroxylation sites is 2. The Balaban J connectivity index is 1.40. The van der Waals surface area contributed by atoms with E-state index in [1.165, 1.54) is 16.3 Å². The van der Waals surface area contributed by atoms with Gasteiger partial charge in [-0.1, -0.05) is 91.0 Å². The van der Waals surface area contributed by atoms with Gasteiger partial charge in [-0.25, -0.2) is 15.0 Å². The van der Waals surface area contributed by atoms with Crippen molar-refractivity contribution >= 4 is 54.4 Å². The van der Waals surface area contributed by atoms with E-state index >= 15 is 0 Å². The van der Waals surface area contributed by atoms with Gasteiger partial charge in [0.05, 0.1) is 33.5 Å². The van der Waals surface area contributed by atoms with E-state index in [1.807, 2.05) is 48.8 Å². The molecule has 9 aromatic rings. The summed E-state index contributed by atoms with van der Waals surface area (Å²) < 4.78 is 0. The molecule has 6 aromatic carbocycles. The van der Waals surface area contributed by atoms with Gasteiger partial charge >= 0.3 is 0 Å². The van der Waals surface area contributed by atoms with Crippen LogP contribution in [-0.4, -0.2) is 19.9 Å². The second-order valence-corrected chi connectivity index (χ2v) is 11.0. The zero-order valence-corrected chi connectivity index (χ0v) is 23.6. The highest BCUT2D eigenvalue weighted by Gasteiger charge is 2.20. The Kier molecular flexibility index (Phi) is 5.47. The van der Waals surface area contributed by atoms with E-state index in [0.717, 1.165) is 71.7 Å². The summed E-state index contributed by atoms with van der Waals surface area (Å²) >= 11 is 0. The zero-order valence-electron chi connectivity index (χ0n) is 23.6. The third-order valence-corrected chi connectivity index (χ3v) is 8.53. The molecule has 9 rings (SSSR count). The van der Waals surface area contributed by atoms with Crippen molar-refractivity contribution in [2.45, 2.75) is 0 Å². The summed E-state index contributed by atoms with van der Waals surface area (Å²) in [6, 6.07) is 46.6. The largest absolute Gasteiger partial charge is 0.265 e. The normalized spacial score (nSPS) is 11.6. The molecule has 204 valence electrons. The first-order valence-electron chi connectivity index (χ1n) is 14.7. The van der Waals surface area contributed by atoms with E-state index in [2.05, 4.69) is 102 Å². The first-order chi connectivity index (χ1) is 21.8. The van der Waals surface area contributed by atoms with Crippen LogP contribution >= 0.6 is 0 Å². The number of benzene rings is 6. The highest BCUT2D eigenvalue weighted by Crippen LogP contribution is 2.46. The first-order valence-corrected chi connectivity index (χ1v) is 14.7. The molecular formula is C40H24N4. The van der Waals surface area contributed by atoms with Crippen molar-refractivity contribution in [3.63, 3.8) is 0 Å². The number of aromatic nitrogens is 4. The Morgan fingerprint density at radius 1 is 0.364 bits per heavy atom. The molecule has 0 amide bonds. The van der Waals surface area contributed by atoms with Crippen LogP contribution in [0.4, 0.5) is 0 Å². The van der Waals surface area contributed by atoms with Gasteiger partial charge in [0, 0.05) is 28.9 Å². The summed E-state index contributed by atoms with van der Waals surface area (Å²) in [7, 11) is 0. The average Bonchev–Trinajstić information content (AvgIpc) is 3.10. The lowest BCUT2D eigenvalue weighted by molar-refractivity contribution is 1.29. The van der Waals surface area contributed by atoms with Gasteiger partial charge in [-0.3, -0.25) is 4.98 Å². The lowest BCUT2D eigenvalue weighted by Crippen LogP contribution is -1.95. The Hall–Kier alpha value is -6.00. The van der Waals surface area contributed by atoms with Gasteiger partial charge in [-0.05, 0) is 80.5 Å². The molecule has 0 atom stereocenters. The molecule has 0 spiro atoms. The number of rotatable bonds is 3. The first kappa shape index (κ1) is 24.6.